The molecule has 0 radical (unpaired) electrons. The van der Waals surface area contributed by atoms with Crippen LogP contribution in [0.15, 0.2) is 78.9 Å². The van der Waals surface area contributed by atoms with Gasteiger partial charge in [-0.15, -0.1) is 11.3 Å². The fourth-order valence-corrected chi connectivity index (χ4v) is 9.81. The van der Waals surface area contributed by atoms with Gasteiger partial charge in [0.1, 0.15) is 26.4 Å². The number of thiophene rings is 1. The highest BCUT2D eigenvalue weighted by Crippen LogP contribution is 2.51. The number of anilines is 6. The highest BCUT2D eigenvalue weighted by atomic mass is 32.1. The second kappa shape index (κ2) is 11.0. The number of benzene rings is 5. The van der Waals surface area contributed by atoms with Crippen molar-refractivity contribution in [2.24, 2.45) is 0 Å². The third-order valence-electron chi connectivity index (χ3n) is 10.8. The monoisotopic (exact) mass is 690 g/mol. The van der Waals surface area contributed by atoms with Gasteiger partial charge in [0.05, 0.1) is 16.4 Å². The van der Waals surface area contributed by atoms with Crippen LogP contribution in [0.1, 0.15) is 43.0 Å². The molecular weight excluding hydrogens is 651 g/mol. The van der Waals surface area contributed by atoms with Gasteiger partial charge in [-0.25, -0.2) is 0 Å². The van der Waals surface area contributed by atoms with Crippen LogP contribution in [-0.2, 0) is 5.41 Å². The fourth-order valence-electron chi connectivity index (χ4n) is 8.55. The third-order valence-corrected chi connectivity index (χ3v) is 11.9. The van der Waals surface area contributed by atoms with E-state index < -0.39 is 0 Å². The van der Waals surface area contributed by atoms with Gasteiger partial charge in [-0.1, -0.05) is 51.1 Å². The summed E-state index contributed by atoms with van der Waals surface area (Å²) in [7, 11) is 0. The summed E-state index contributed by atoms with van der Waals surface area (Å²) in [5, 5.41) is 2.56. The van der Waals surface area contributed by atoms with Crippen molar-refractivity contribution in [3.63, 3.8) is 0 Å². The molecule has 6 aromatic rings. The van der Waals surface area contributed by atoms with Crippen molar-refractivity contribution >= 4 is 78.0 Å². The predicted molar refractivity (Wildman–Crippen MR) is 211 cm³/mol. The standard InChI is InChI=1S/C43H39BN2O4S/c1-24-17-32-40-33(18-24)46(41-25(2)19-27(20-26(41)3)43(4,5)6)42-39(29-9-7-8-10-38(29)51-42)44(40)30-22-36-37(50-16-15-49-36)23-31(30)45(32)28-11-12-34-35(21-28)48-14-13-47-34/h7-12,17-23H,13-16H2,1-6H3. The Labute approximate surface area is 303 Å². The van der Waals surface area contributed by atoms with E-state index in [4.69, 9.17) is 18.9 Å². The molecule has 0 N–H and O–H groups in total. The molecule has 0 amide bonds. The molecule has 4 aliphatic rings. The zero-order chi connectivity index (χ0) is 34.8. The summed E-state index contributed by atoms with van der Waals surface area (Å²) in [5.74, 6) is 3.11. The van der Waals surface area contributed by atoms with Crippen LogP contribution in [0, 0.1) is 20.8 Å². The Morgan fingerprint density at radius 2 is 1.25 bits per heavy atom. The van der Waals surface area contributed by atoms with Crippen LogP contribution in [0.4, 0.5) is 33.4 Å². The maximum atomic E-state index is 6.28. The normalized spacial score (nSPS) is 15.5. The van der Waals surface area contributed by atoms with Crippen molar-refractivity contribution in [1.29, 1.82) is 0 Å². The smallest absolute Gasteiger partial charge is 0.254 e. The van der Waals surface area contributed by atoms with Gasteiger partial charge in [0.15, 0.2) is 23.0 Å². The lowest BCUT2D eigenvalue weighted by atomic mass is 9.33. The highest BCUT2D eigenvalue weighted by molar-refractivity contribution is 7.26. The van der Waals surface area contributed by atoms with Crippen molar-refractivity contribution in [1.82, 2.24) is 0 Å². The zero-order valence-electron chi connectivity index (χ0n) is 29.8. The van der Waals surface area contributed by atoms with Crippen LogP contribution in [0.25, 0.3) is 10.1 Å². The average molecular weight is 691 g/mol. The summed E-state index contributed by atoms with van der Waals surface area (Å²) in [5.41, 5.74) is 14.7. The number of ether oxygens (including phenoxy) is 4. The molecule has 4 aliphatic heterocycles. The Morgan fingerprint density at radius 1 is 0.627 bits per heavy atom. The van der Waals surface area contributed by atoms with Gasteiger partial charge in [0.25, 0.3) is 6.71 Å². The van der Waals surface area contributed by atoms with E-state index in [1.54, 1.807) is 0 Å². The van der Waals surface area contributed by atoms with E-state index in [1.165, 1.54) is 65.1 Å². The second-order valence-corrected chi connectivity index (χ2v) is 16.3. The minimum Gasteiger partial charge on any atom is -0.486 e. The summed E-state index contributed by atoms with van der Waals surface area (Å²) < 4.78 is 25.9. The van der Waals surface area contributed by atoms with Gasteiger partial charge in [0, 0.05) is 33.9 Å². The van der Waals surface area contributed by atoms with E-state index in [-0.39, 0.29) is 12.1 Å². The minimum absolute atomic E-state index is 0.0215. The van der Waals surface area contributed by atoms with E-state index in [9.17, 15) is 0 Å². The first-order chi connectivity index (χ1) is 24.7. The summed E-state index contributed by atoms with van der Waals surface area (Å²) in [6.07, 6.45) is 0. The second-order valence-electron chi connectivity index (χ2n) is 15.2. The molecule has 8 heteroatoms. The largest absolute Gasteiger partial charge is 0.486 e. The third kappa shape index (κ3) is 4.55. The Kier molecular flexibility index (Phi) is 6.60. The molecule has 0 fully saturated rings. The molecule has 0 aliphatic carbocycles. The number of aryl methyl sites for hydroxylation is 3. The van der Waals surface area contributed by atoms with E-state index in [1.807, 2.05) is 17.4 Å². The number of rotatable bonds is 2. The molecule has 51 heavy (non-hydrogen) atoms. The maximum Gasteiger partial charge on any atom is 0.254 e. The summed E-state index contributed by atoms with van der Waals surface area (Å²) >= 11 is 1.89. The van der Waals surface area contributed by atoms with Crippen LogP contribution in [0.5, 0.6) is 23.0 Å². The van der Waals surface area contributed by atoms with E-state index in [0.717, 1.165) is 40.1 Å². The number of fused-ring (bicyclic) bond motifs is 8. The topological polar surface area (TPSA) is 43.4 Å². The molecule has 6 nitrogen and oxygen atoms in total. The summed E-state index contributed by atoms with van der Waals surface area (Å²) in [6.45, 7) is 15.8. The van der Waals surface area contributed by atoms with Crippen molar-refractivity contribution in [3.05, 3.63) is 101 Å². The molecule has 0 unspecified atom stereocenters. The van der Waals surface area contributed by atoms with Crippen LogP contribution < -0.4 is 45.1 Å². The van der Waals surface area contributed by atoms with Gasteiger partial charge in [-0.3, -0.25) is 0 Å². The lowest BCUT2D eigenvalue weighted by molar-refractivity contribution is 0.171. The zero-order valence-corrected chi connectivity index (χ0v) is 30.7. The van der Waals surface area contributed by atoms with Gasteiger partial charge in [-0.2, -0.15) is 0 Å². The van der Waals surface area contributed by atoms with Crippen LogP contribution in [0.3, 0.4) is 0 Å². The van der Waals surface area contributed by atoms with Gasteiger partial charge in [-0.05, 0) is 107 Å². The van der Waals surface area contributed by atoms with Crippen molar-refractivity contribution in [2.45, 2.75) is 47.0 Å². The predicted octanol–water partition coefficient (Wildman–Crippen LogP) is 8.75. The quantitative estimate of drug-likeness (QED) is 0.169. The Hall–Kier alpha value is -5.08. The van der Waals surface area contributed by atoms with Crippen molar-refractivity contribution in [2.75, 3.05) is 36.2 Å². The minimum atomic E-state index is -0.0215. The molecule has 5 heterocycles. The summed E-state index contributed by atoms with van der Waals surface area (Å²) in [4.78, 5) is 4.97. The van der Waals surface area contributed by atoms with E-state index in [2.05, 4.69) is 124 Å². The Balaban J connectivity index is 1.31. The van der Waals surface area contributed by atoms with E-state index >= 15 is 0 Å². The highest BCUT2D eigenvalue weighted by Gasteiger charge is 2.46. The number of hydrogen-bond acceptors (Lipinski definition) is 7. The molecule has 0 spiro atoms. The van der Waals surface area contributed by atoms with Crippen LogP contribution >= 0.6 is 11.3 Å². The lowest BCUT2D eigenvalue weighted by Gasteiger charge is -2.44. The van der Waals surface area contributed by atoms with Gasteiger partial charge < -0.3 is 28.7 Å². The molecule has 1 aromatic heterocycles. The average Bonchev–Trinajstić information content (AvgIpc) is 3.50. The lowest BCUT2D eigenvalue weighted by Crippen LogP contribution is -2.61. The summed E-state index contributed by atoms with van der Waals surface area (Å²) in [6, 6.07) is 29.2. The molecule has 0 atom stereocenters. The van der Waals surface area contributed by atoms with Crippen molar-refractivity contribution < 1.29 is 18.9 Å². The maximum absolute atomic E-state index is 6.28. The molecule has 0 saturated heterocycles. The molecule has 0 saturated carbocycles. The van der Waals surface area contributed by atoms with Crippen molar-refractivity contribution in [3.8, 4) is 23.0 Å². The molecule has 0 bridgehead atoms. The van der Waals surface area contributed by atoms with Crippen LogP contribution in [0.2, 0.25) is 0 Å². The SMILES string of the molecule is Cc1cc2c3c(c1)N(c1c(C)cc(C(C)(C)C)cc1C)c1sc4ccccc4c1B3c1cc3c(cc1N2c1ccc2c(c1)OCCO2)OCCO3. The molecule has 5 aromatic carbocycles. The van der Waals surface area contributed by atoms with Crippen LogP contribution in [-0.4, -0.2) is 33.1 Å². The number of hydrogen-bond donors (Lipinski definition) is 0. The first-order valence-electron chi connectivity index (χ1n) is 17.9. The molecule has 254 valence electrons. The molecular formula is C43H39BN2O4S. The Bertz CT molecular complexity index is 2420. The van der Waals surface area contributed by atoms with Gasteiger partial charge >= 0.3 is 0 Å². The fraction of sp³-hybridized carbons (Fsp3) is 0.256. The number of nitrogens with zero attached hydrogens (tertiary/aromatic N) is 2. The Morgan fingerprint density at radius 3 is 1.96 bits per heavy atom. The molecule has 10 rings (SSSR count). The first-order valence-corrected chi connectivity index (χ1v) is 18.7. The first kappa shape index (κ1) is 30.7. The van der Waals surface area contributed by atoms with E-state index in [0.29, 0.717) is 26.4 Å². The van der Waals surface area contributed by atoms with Gasteiger partial charge in [0.2, 0.25) is 0 Å².